The van der Waals surface area contributed by atoms with Gasteiger partial charge in [0, 0.05) is 12.7 Å². The molecule has 0 spiro atoms. The first-order valence-corrected chi connectivity index (χ1v) is 5.63. The van der Waals surface area contributed by atoms with Crippen LogP contribution in [-0.2, 0) is 0 Å². The number of nitro groups is 1. The molecule has 1 aromatic rings. The van der Waals surface area contributed by atoms with E-state index in [9.17, 15) is 10.1 Å². The number of ether oxygens (including phenoxy) is 1. The van der Waals surface area contributed by atoms with E-state index in [4.69, 9.17) is 9.84 Å². The summed E-state index contributed by atoms with van der Waals surface area (Å²) in [6.45, 7) is 2.50. The Bertz CT molecular complexity index is 379. The first-order valence-electron chi connectivity index (χ1n) is 5.63. The summed E-state index contributed by atoms with van der Waals surface area (Å²) in [7, 11) is 0. The predicted molar refractivity (Wildman–Crippen MR) is 64.3 cm³/mol. The molecule has 0 aromatic heterocycles. The van der Waals surface area contributed by atoms with Gasteiger partial charge in [-0.25, -0.2) is 0 Å². The second-order valence-corrected chi connectivity index (χ2v) is 3.89. The first-order chi connectivity index (χ1) is 8.13. The third-order valence-electron chi connectivity index (χ3n) is 2.32. The normalized spacial score (nSPS) is 10.2. The minimum atomic E-state index is -0.425. The average Bonchev–Trinajstić information content (AvgIpc) is 2.28. The number of unbranched alkanes of at least 4 members (excludes halogenated alkanes) is 2. The molecule has 0 unspecified atom stereocenters. The number of hydrogen-bond donors (Lipinski definition) is 1. The number of aryl methyl sites for hydroxylation is 1. The molecule has 0 saturated heterocycles. The summed E-state index contributed by atoms with van der Waals surface area (Å²) in [6, 6.07) is 4.72. The van der Waals surface area contributed by atoms with Gasteiger partial charge in [-0.15, -0.1) is 0 Å². The van der Waals surface area contributed by atoms with Crippen LogP contribution in [0.4, 0.5) is 5.69 Å². The molecule has 0 fully saturated rings. The average molecular weight is 239 g/mol. The fourth-order valence-electron chi connectivity index (χ4n) is 1.50. The third kappa shape index (κ3) is 4.82. The number of benzene rings is 1. The van der Waals surface area contributed by atoms with E-state index in [1.807, 2.05) is 0 Å². The number of rotatable bonds is 7. The van der Waals surface area contributed by atoms with Gasteiger partial charge in [-0.1, -0.05) is 0 Å². The number of hydrogen-bond acceptors (Lipinski definition) is 4. The Morgan fingerprint density at radius 1 is 1.29 bits per heavy atom. The Labute approximate surface area is 100 Å². The Morgan fingerprint density at radius 3 is 2.71 bits per heavy atom. The maximum absolute atomic E-state index is 10.6. The van der Waals surface area contributed by atoms with Crippen molar-refractivity contribution in [3.8, 4) is 5.75 Å². The molecule has 0 aliphatic heterocycles. The van der Waals surface area contributed by atoms with Crippen LogP contribution in [0.25, 0.3) is 0 Å². The van der Waals surface area contributed by atoms with E-state index in [2.05, 4.69) is 0 Å². The van der Waals surface area contributed by atoms with Crippen LogP contribution in [0.5, 0.6) is 5.75 Å². The van der Waals surface area contributed by atoms with E-state index in [0.29, 0.717) is 12.4 Å². The molecular weight excluding hydrogens is 222 g/mol. The molecule has 0 aliphatic carbocycles. The van der Waals surface area contributed by atoms with Crippen LogP contribution in [0.1, 0.15) is 24.8 Å². The van der Waals surface area contributed by atoms with Gasteiger partial charge in [0.15, 0.2) is 0 Å². The van der Waals surface area contributed by atoms with Crippen molar-refractivity contribution in [2.45, 2.75) is 26.2 Å². The smallest absolute Gasteiger partial charge is 0.273 e. The zero-order chi connectivity index (χ0) is 12.7. The maximum Gasteiger partial charge on any atom is 0.273 e. The van der Waals surface area contributed by atoms with Crippen molar-refractivity contribution >= 4 is 5.69 Å². The van der Waals surface area contributed by atoms with E-state index < -0.39 is 4.92 Å². The molecule has 0 amide bonds. The summed E-state index contributed by atoms with van der Waals surface area (Å²) in [6.07, 6.45) is 2.49. The van der Waals surface area contributed by atoms with Gasteiger partial charge >= 0.3 is 0 Å². The fourth-order valence-corrected chi connectivity index (χ4v) is 1.50. The number of nitro benzene ring substituents is 1. The summed E-state index contributed by atoms with van der Waals surface area (Å²) in [5.41, 5.74) is 0.861. The molecule has 17 heavy (non-hydrogen) atoms. The van der Waals surface area contributed by atoms with E-state index in [1.54, 1.807) is 13.0 Å². The third-order valence-corrected chi connectivity index (χ3v) is 2.32. The molecule has 5 nitrogen and oxygen atoms in total. The van der Waals surface area contributed by atoms with Gasteiger partial charge in [-0.3, -0.25) is 10.1 Å². The topological polar surface area (TPSA) is 72.6 Å². The number of aliphatic hydroxyl groups excluding tert-OH is 1. The highest BCUT2D eigenvalue weighted by atomic mass is 16.6. The minimum absolute atomic E-state index is 0.0513. The molecule has 0 radical (unpaired) electrons. The highest BCUT2D eigenvalue weighted by molar-refractivity contribution is 5.42. The van der Waals surface area contributed by atoms with Gasteiger partial charge in [0.05, 0.1) is 17.6 Å². The van der Waals surface area contributed by atoms with E-state index >= 15 is 0 Å². The number of nitrogens with zero attached hydrogens (tertiary/aromatic N) is 1. The monoisotopic (exact) mass is 239 g/mol. The Hall–Kier alpha value is -1.62. The summed E-state index contributed by atoms with van der Waals surface area (Å²) >= 11 is 0. The molecule has 1 N–H and O–H groups in total. The second kappa shape index (κ2) is 6.85. The zero-order valence-electron chi connectivity index (χ0n) is 9.89. The lowest BCUT2D eigenvalue weighted by molar-refractivity contribution is -0.385. The Balaban J connectivity index is 2.50. The van der Waals surface area contributed by atoms with Gasteiger partial charge in [0.1, 0.15) is 5.75 Å². The molecule has 5 heteroatoms. The molecule has 0 atom stereocenters. The van der Waals surface area contributed by atoms with Crippen molar-refractivity contribution in [1.29, 1.82) is 0 Å². The minimum Gasteiger partial charge on any atom is -0.493 e. The lowest BCUT2D eigenvalue weighted by Crippen LogP contribution is -1.99. The van der Waals surface area contributed by atoms with Crippen molar-refractivity contribution in [2.75, 3.05) is 13.2 Å². The van der Waals surface area contributed by atoms with Crippen molar-refractivity contribution in [3.05, 3.63) is 33.9 Å². The summed E-state index contributed by atoms with van der Waals surface area (Å²) in [5.74, 6) is 0.528. The second-order valence-electron chi connectivity index (χ2n) is 3.89. The van der Waals surface area contributed by atoms with Crippen molar-refractivity contribution in [3.63, 3.8) is 0 Å². The molecule has 94 valence electrons. The predicted octanol–water partition coefficient (Wildman–Crippen LogP) is 2.44. The summed E-state index contributed by atoms with van der Waals surface area (Å²) in [5, 5.41) is 19.2. The van der Waals surface area contributed by atoms with Gasteiger partial charge < -0.3 is 9.84 Å². The van der Waals surface area contributed by atoms with Crippen LogP contribution in [0.2, 0.25) is 0 Å². The molecule has 1 rings (SSSR count). The molecule has 0 aliphatic rings. The van der Waals surface area contributed by atoms with Crippen LogP contribution < -0.4 is 4.74 Å². The van der Waals surface area contributed by atoms with Crippen molar-refractivity contribution < 1.29 is 14.8 Å². The van der Waals surface area contributed by atoms with E-state index in [-0.39, 0.29) is 12.3 Å². The molecule has 0 heterocycles. The van der Waals surface area contributed by atoms with Crippen LogP contribution >= 0.6 is 0 Å². The van der Waals surface area contributed by atoms with Crippen molar-refractivity contribution in [1.82, 2.24) is 0 Å². The highest BCUT2D eigenvalue weighted by Gasteiger charge is 2.08. The maximum atomic E-state index is 10.6. The lowest BCUT2D eigenvalue weighted by atomic mass is 10.2. The fraction of sp³-hybridized carbons (Fsp3) is 0.500. The van der Waals surface area contributed by atoms with Crippen LogP contribution in [-0.4, -0.2) is 23.2 Å². The molecular formula is C12H17NO4. The zero-order valence-corrected chi connectivity index (χ0v) is 9.89. The quantitative estimate of drug-likeness (QED) is 0.450. The SMILES string of the molecule is Cc1cc(OCCCCCO)cc([N+](=O)[O-])c1. The number of aliphatic hydroxyl groups is 1. The largest absolute Gasteiger partial charge is 0.493 e. The molecule has 0 bridgehead atoms. The van der Waals surface area contributed by atoms with Crippen LogP contribution in [0, 0.1) is 17.0 Å². The molecule has 0 saturated carbocycles. The van der Waals surface area contributed by atoms with Crippen LogP contribution in [0.3, 0.4) is 0 Å². The Kier molecular flexibility index (Phi) is 5.42. The number of non-ortho nitro benzene ring substituents is 1. The van der Waals surface area contributed by atoms with Gasteiger partial charge in [-0.05, 0) is 37.8 Å². The lowest BCUT2D eigenvalue weighted by Gasteiger charge is -2.06. The summed E-state index contributed by atoms with van der Waals surface area (Å²) in [4.78, 5) is 10.2. The van der Waals surface area contributed by atoms with Crippen molar-refractivity contribution in [2.24, 2.45) is 0 Å². The standard InChI is InChI=1S/C12H17NO4/c1-10-7-11(13(15)16)9-12(8-10)17-6-4-2-3-5-14/h7-9,14H,2-6H2,1H3. The van der Waals surface area contributed by atoms with E-state index in [0.717, 1.165) is 24.8 Å². The Morgan fingerprint density at radius 2 is 2.06 bits per heavy atom. The molecule has 1 aromatic carbocycles. The van der Waals surface area contributed by atoms with E-state index in [1.165, 1.54) is 12.1 Å². The highest BCUT2D eigenvalue weighted by Crippen LogP contribution is 2.22. The first kappa shape index (κ1) is 13.4. The summed E-state index contributed by atoms with van der Waals surface area (Å²) < 4.78 is 5.44. The van der Waals surface area contributed by atoms with Gasteiger partial charge in [0.25, 0.3) is 5.69 Å². The van der Waals surface area contributed by atoms with Gasteiger partial charge in [-0.2, -0.15) is 0 Å². The van der Waals surface area contributed by atoms with Gasteiger partial charge in [0.2, 0.25) is 0 Å². The van der Waals surface area contributed by atoms with Crippen LogP contribution in [0.15, 0.2) is 18.2 Å².